The average molecular weight is 235 g/mol. The average Bonchev–Trinajstić information content (AvgIpc) is 2.70. The molecule has 1 aliphatic heterocycles. The predicted molar refractivity (Wildman–Crippen MR) is 69.2 cm³/mol. The molecule has 0 amide bonds. The van der Waals surface area contributed by atoms with Crippen LogP contribution < -0.4 is 10.5 Å². The summed E-state index contributed by atoms with van der Waals surface area (Å²) in [7, 11) is 2.18. The van der Waals surface area contributed by atoms with Crippen LogP contribution in [-0.4, -0.2) is 36.1 Å². The van der Waals surface area contributed by atoms with Crippen LogP contribution in [0.15, 0.2) is 12.1 Å². The van der Waals surface area contributed by atoms with Crippen molar-refractivity contribution in [2.75, 3.05) is 25.9 Å². The van der Waals surface area contributed by atoms with Crippen molar-refractivity contribution in [1.82, 2.24) is 9.88 Å². The summed E-state index contributed by atoms with van der Waals surface area (Å²) in [5, 5.41) is 0. The van der Waals surface area contributed by atoms with E-state index >= 15 is 0 Å². The Labute approximate surface area is 103 Å². The van der Waals surface area contributed by atoms with E-state index in [-0.39, 0.29) is 0 Å². The molecule has 0 saturated carbocycles. The van der Waals surface area contributed by atoms with Crippen LogP contribution in [0.5, 0.6) is 5.88 Å². The van der Waals surface area contributed by atoms with E-state index in [0.717, 1.165) is 12.1 Å². The van der Waals surface area contributed by atoms with Crippen molar-refractivity contribution in [2.45, 2.75) is 32.2 Å². The molecule has 4 heteroatoms. The highest BCUT2D eigenvalue weighted by Crippen LogP contribution is 2.21. The molecular formula is C13H21N3O. The Hall–Kier alpha value is -1.29. The van der Waals surface area contributed by atoms with Gasteiger partial charge in [0.1, 0.15) is 0 Å². The van der Waals surface area contributed by atoms with Gasteiger partial charge >= 0.3 is 0 Å². The summed E-state index contributed by atoms with van der Waals surface area (Å²) in [6, 6.07) is 4.40. The highest BCUT2D eigenvalue weighted by Gasteiger charge is 2.20. The quantitative estimate of drug-likeness (QED) is 0.865. The molecule has 2 N–H and O–H groups in total. The molecule has 1 aliphatic rings. The first kappa shape index (κ1) is 12.2. The summed E-state index contributed by atoms with van der Waals surface area (Å²) < 4.78 is 5.67. The molecule has 17 heavy (non-hydrogen) atoms. The zero-order valence-electron chi connectivity index (χ0n) is 10.6. The minimum absolute atomic E-state index is 0.575. The highest BCUT2D eigenvalue weighted by molar-refractivity contribution is 5.48. The molecule has 2 heterocycles. The van der Waals surface area contributed by atoms with Crippen LogP contribution in [0.4, 0.5) is 5.69 Å². The lowest BCUT2D eigenvalue weighted by atomic mass is 10.1. The maximum atomic E-state index is 5.81. The zero-order chi connectivity index (χ0) is 12.3. The number of hydrogen-bond donors (Lipinski definition) is 1. The van der Waals surface area contributed by atoms with Gasteiger partial charge in [0.2, 0.25) is 5.88 Å². The molecule has 1 aromatic heterocycles. The number of nitrogen functional groups attached to an aromatic ring is 1. The Morgan fingerprint density at radius 1 is 1.53 bits per heavy atom. The molecule has 0 aliphatic carbocycles. The van der Waals surface area contributed by atoms with Crippen LogP contribution in [0.1, 0.15) is 25.0 Å². The molecule has 94 valence electrons. The van der Waals surface area contributed by atoms with Gasteiger partial charge in [-0.1, -0.05) is 0 Å². The maximum Gasteiger partial charge on any atom is 0.237 e. The number of hydrogen-bond acceptors (Lipinski definition) is 4. The molecule has 1 saturated heterocycles. The van der Waals surface area contributed by atoms with Crippen molar-refractivity contribution in [3.05, 3.63) is 17.8 Å². The van der Waals surface area contributed by atoms with Gasteiger partial charge in [-0.25, -0.2) is 4.98 Å². The number of rotatable bonds is 4. The van der Waals surface area contributed by atoms with Gasteiger partial charge < -0.3 is 15.4 Å². The summed E-state index contributed by atoms with van der Waals surface area (Å²) in [4.78, 5) is 6.69. The fourth-order valence-electron chi connectivity index (χ4n) is 2.29. The van der Waals surface area contributed by atoms with Gasteiger partial charge in [0.15, 0.2) is 0 Å². The molecule has 0 spiro atoms. The lowest BCUT2D eigenvalue weighted by Gasteiger charge is -2.19. The lowest BCUT2D eigenvalue weighted by molar-refractivity contribution is 0.229. The molecule has 1 atom stereocenters. The Morgan fingerprint density at radius 2 is 2.35 bits per heavy atom. The maximum absolute atomic E-state index is 5.81. The molecule has 0 bridgehead atoms. The number of nitrogens with zero attached hydrogens (tertiary/aromatic N) is 2. The first-order valence-electron chi connectivity index (χ1n) is 6.23. The normalized spacial score (nSPS) is 20.7. The van der Waals surface area contributed by atoms with E-state index < -0.39 is 0 Å². The molecule has 1 fully saturated rings. The Balaban J connectivity index is 1.83. The van der Waals surface area contributed by atoms with Crippen LogP contribution in [-0.2, 0) is 0 Å². The molecular weight excluding hydrogens is 214 g/mol. The van der Waals surface area contributed by atoms with E-state index in [2.05, 4.69) is 16.9 Å². The molecule has 0 aromatic carbocycles. The number of aryl methyl sites for hydroxylation is 1. The van der Waals surface area contributed by atoms with Crippen molar-refractivity contribution in [2.24, 2.45) is 0 Å². The summed E-state index contributed by atoms with van der Waals surface area (Å²) in [5.74, 6) is 0.575. The predicted octanol–water partition coefficient (Wildman–Crippen LogP) is 1.84. The highest BCUT2D eigenvalue weighted by atomic mass is 16.5. The number of pyridine rings is 1. The Kier molecular flexibility index (Phi) is 3.84. The summed E-state index contributed by atoms with van der Waals surface area (Å²) in [6.45, 7) is 3.84. The summed E-state index contributed by atoms with van der Waals surface area (Å²) >= 11 is 0. The van der Waals surface area contributed by atoms with E-state index in [1.807, 2.05) is 19.1 Å². The Bertz CT molecular complexity index is 381. The first-order valence-corrected chi connectivity index (χ1v) is 6.23. The van der Waals surface area contributed by atoms with Gasteiger partial charge in [-0.3, -0.25) is 0 Å². The molecule has 1 aromatic rings. The number of nitrogens with two attached hydrogens (primary N) is 1. The second kappa shape index (κ2) is 5.36. The topological polar surface area (TPSA) is 51.4 Å². The standard InChI is InChI=1S/C13H21N3O/c1-10-5-6-12(14)13(15-10)17-9-7-11-4-3-8-16(11)2/h5-6,11H,3-4,7-9,14H2,1-2H3. The number of aromatic nitrogens is 1. The minimum Gasteiger partial charge on any atom is -0.476 e. The molecule has 1 unspecified atom stereocenters. The van der Waals surface area contributed by atoms with Gasteiger partial charge in [-0.2, -0.15) is 0 Å². The van der Waals surface area contributed by atoms with E-state index in [9.17, 15) is 0 Å². The number of anilines is 1. The van der Waals surface area contributed by atoms with Gasteiger partial charge in [0.25, 0.3) is 0 Å². The fraction of sp³-hybridized carbons (Fsp3) is 0.615. The second-order valence-electron chi connectivity index (χ2n) is 4.76. The third kappa shape index (κ3) is 3.09. The van der Waals surface area contributed by atoms with Crippen molar-refractivity contribution >= 4 is 5.69 Å². The van der Waals surface area contributed by atoms with Crippen LogP contribution in [0.2, 0.25) is 0 Å². The smallest absolute Gasteiger partial charge is 0.237 e. The van der Waals surface area contributed by atoms with Crippen LogP contribution >= 0.6 is 0 Å². The van der Waals surface area contributed by atoms with E-state index in [1.54, 1.807) is 0 Å². The lowest BCUT2D eigenvalue weighted by Crippen LogP contribution is -2.26. The van der Waals surface area contributed by atoms with Gasteiger partial charge in [0, 0.05) is 11.7 Å². The third-order valence-electron chi connectivity index (χ3n) is 3.39. The number of ether oxygens (including phenoxy) is 1. The van der Waals surface area contributed by atoms with Gasteiger partial charge in [-0.15, -0.1) is 0 Å². The Morgan fingerprint density at radius 3 is 3.06 bits per heavy atom. The van der Waals surface area contributed by atoms with Gasteiger partial charge in [-0.05, 0) is 51.9 Å². The van der Waals surface area contributed by atoms with E-state index in [4.69, 9.17) is 10.5 Å². The molecule has 4 nitrogen and oxygen atoms in total. The third-order valence-corrected chi connectivity index (χ3v) is 3.39. The monoisotopic (exact) mass is 235 g/mol. The van der Waals surface area contributed by atoms with Crippen LogP contribution in [0, 0.1) is 6.92 Å². The summed E-state index contributed by atoms with van der Waals surface area (Å²) in [6.07, 6.45) is 3.62. The van der Waals surface area contributed by atoms with Crippen molar-refractivity contribution in [3.63, 3.8) is 0 Å². The van der Waals surface area contributed by atoms with Crippen molar-refractivity contribution in [3.8, 4) is 5.88 Å². The van der Waals surface area contributed by atoms with Crippen molar-refractivity contribution in [1.29, 1.82) is 0 Å². The largest absolute Gasteiger partial charge is 0.476 e. The summed E-state index contributed by atoms with van der Waals surface area (Å²) in [5.41, 5.74) is 7.37. The molecule has 2 rings (SSSR count). The van der Waals surface area contributed by atoms with E-state index in [0.29, 0.717) is 24.2 Å². The van der Waals surface area contributed by atoms with Crippen LogP contribution in [0.25, 0.3) is 0 Å². The zero-order valence-corrected chi connectivity index (χ0v) is 10.6. The molecule has 0 radical (unpaired) electrons. The van der Waals surface area contributed by atoms with Crippen LogP contribution in [0.3, 0.4) is 0 Å². The fourth-order valence-corrected chi connectivity index (χ4v) is 2.29. The minimum atomic E-state index is 0.575. The first-order chi connectivity index (χ1) is 8.16. The second-order valence-corrected chi connectivity index (χ2v) is 4.76. The number of likely N-dealkylation sites (tertiary alicyclic amines) is 1. The van der Waals surface area contributed by atoms with Crippen molar-refractivity contribution < 1.29 is 4.74 Å². The van der Waals surface area contributed by atoms with E-state index in [1.165, 1.54) is 19.4 Å². The SMILES string of the molecule is Cc1ccc(N)c(OCCC2CCCN2C)n1. The van der Waals surface area contributed by atoms with Gasteiger partial charge in [0.05, 0.1) is 12.3 Å².